The number of pyridine rings is 1. The minimum Gasteiger partial charge on any atom is -0.486 e. The van der Waals surface area contributed by atoms with Crippen LogP contribution in [0.2, 0.25) is 0 Å². The maximum atomic E-state index is 11.1. The molecule has 7 nitrogen and oxygen atoms in total. The van der Waals surface area contributed by atoms with Crippen LogP contribution < -0.4 is 9.47 Å². The summed E-state index contributed by atoms with van der Waals surface area (Å²) in [5, 5.41) is 9.08. The van der Waals surface area contributed by atoms with E-state index in [9.17, 15) is 4.79 Å². The summed E-state index contributed by atoms with van der Waals surface area (Å²) in [6.07, 6.45) is 3.34. The molecule has 0 saturated carbocycles. The number of hydrogen-bond donors (Lipinski definition) is 1. The number of aromatic carboxylic acids is 1. The van der Waals surface area contributed by atoms with E-state index in [1.165, 1.54) is 12.1 Å². The molecular weight excluding hydrogens is 358 g/mol. The summed E-state index contributed by atoms with van der Waals surface area (Å²) in [4.78, 5) is 19.7. The molecule has 2 aromatic heterocycles. The van der Waals surface area contributed by atoms with Crippen LogP contribution >= 0.6 is 0 Å². The number of aryl methyl sites for hydroxylation is 1. The smallest absolute Gasteiger partial charge is 0.335 e. The third-order valence-corrected chi connectivity index (χ3v) is 4.26. The number of ether oxygens (including phenoxy) is 2. The number of imidazole rings is 1. The van der Waals surface area contributed by atoms with Gasteiger partial charge in [-0.3, -0.25) is 4.98 Å². The second-order valence-electron chi connectivity index (χ2n) is 6.15. The highest BCUT2D eigenvalue weighted by atomic mass is 16.5. The van der Waals surface area contributed by atoms with Crippen LogP contribution in [0, 0.1) is 0 Å². The lowest BCUT2D eigenvalue weighted by molar-refractivity contribution is 0.0696. The molecule has 0 bridgehead atoms. The van der Waals surface area contributed by atoms with Crippen molar-refractivity contribution in [1.82, 2.24) is 14.5 Å². The first-order valence-corrected chi connectivity index (χ1v) is 8.59. The van der Waals surface area contributed by atoms with Crippen LogP contribution in [0.4, 0.5) is 0 Å². The molecule has 0 saturated heterocycles. The maximum Gasteiger partial charge on any atom is 0.335 e. The first-order valence-electron chi connectivity index (χ1n) is 8.59. The van der Waals surface area contributed by atoms with Gasteiger partial charge in [0.15, 0.2) is 0 Å². The lowest BCUT2D eigenvalue weighted by atomic mass is 10.2. The molecule has 0 aliphatic heterocycles. The van der Waals surface area contributed by atoms with Crippen molar-refractivity contribution >= 4 is 17.0 Å². The quantitative estimate of drug-likeness (QED) is 0.547. The second kappa shape index (κ2) is 7.40. The van der Waals surface area contributed by atoms with E-state index in [4.69, 9.17) is 14.6 Å². The SMILES string of the molecule is Cn1c(COc2cccc(C(=O)O)c2)nc2ccc(Oc3cccnc3)cc21. The fraction of sp³-hybridized carbons (Fsp3) is 0.0952. The van der Waals surface area contributed by atoms with E-state index in [1.54, 1.807) is 24.5 Å². The summed E-state index contributed by atoms with van der Waals surface area (Å²) in [5.74, 6) is 1.55. The second-order valence-corrected chi connectivity index (χ2v) is 6.15. The van der Waals surface area contributed by atoms with Crippen molar-refractivity contribution in [2.75, 3.05) is 0 Å². The minimum atomic E-state index is -0.991. The Morgan fingerprint density at radius 1 is 1.07 bits per heavy atom. The Labute approximate surface area is 160 Å². The van der Waals surface area contributed by atoms with Gasteiger partial charge in [0.05, 0.1) is 22.8 Å². The average Bonchev–Trinajstić information content (AvgIpc) is 3.03. The molecule has 1 N–H and O–H groups in total. The van der Waals surface area contributed by atoms with Crippen molar-refractivity contribution in [3.05, 3.63) is 78.4 Å². The minimum absolute atomic E-state index is 0.180. The largest absolute Gasteiger partial charge is 0.486 e. The lowest BCUT2D eigenvalue weighted by Gasteiger charge is -2.07. The molecule has 0 fully saturated rings. The van der Waals surface area contributed by atoms with Gasteiger partial charge in [0.25, 0.3) is 0 Å². The molecule has 4 aromatic rings. The Balaban J connectivity index is 1.54. The first kappa shape index (κ1) is 17.5. The van der Waals surface area contributed by atoms with Gasteiger partial charge in [-0.05, 0) is 42.5 Å². The summed E-state index contributed by atoms with van der Waals surface area (Å²) in [6.45, 7) is 0.215. The van der Waals surface area contributed by atoms with E-state index >= 15 is 0 Å². The predicted molar refractivity (Wildman–Crippen MR) is 103 cm³/mol. The fourth-order valence-electron chi connectivity index (χ4n) is 2.82. The summed E-state index contributed by atoms with van der Waals surface area (Å²) in [6, 6.07) is 15.7. The van der Waals surface area contributed by atoms with Crippen molar-refractivity contribution in [1.29, 1.82) is 0 Å². The van der Waals surface area contributed by atoms with Crippen LogP contribution in [-0.2, 0) is 13.7 Å². The number of fused-ring (bicyclic) bond motifs is 1. The van der Waals surface area contributed by atoms with Crippen molar-refractivity contribution in [3.8, 4) is 17.2 Å². The summed E-state index contributed by atoms with van der Waals surface area (Å²) < 4.78 is 13.5. The van der Waals surface area contributed by atoms with Crippen molar-refractivity contribution < 1.29 is 19.4 Å². The van der Waals surface area contributed by atoms with Gasteiger partial charge in [0.2, 0.25) is 0 Å². The Morgan fingerprint density at radius 2 is 1.93 bits per heavy atom. The van der Waals surface area contributed by atoms with Crippen LogP contribution in [0.5, 0.6) is 17.2 Å². The Morgan fingerprint density at radius 3 is 2.71 bits per heavy atom. The number of hydrogen-bond acceptors (Lipinski definition) is 5. The topological polar surface area (TPSA) is 86.5 Å². The molecule has 140 valence electrons. The van der Waals surface area contributed by atoms with Gasteiger partial charge >= 0.3 is 5.97 Å². The highest BCUT2D eigenvalue weighted by molar-refractivity contribution is 5.88. The van der Waals surface area contributed by atoms with Crippen LogP contribution in [0.15, 0.2) is 67.0 Å². The van der Waals surface area contributed by atoms with Crippen LogP contribution in [0.3, 0.4) is 0 Å². The average molecular weight is 375 g/mol. The molecule has 2 aromatic carbocycles. The number of rotatable bonds is 6. The number of carboxylic acids is 1. The monoisotopic (exact) mass is 375 g/mol. The highest BCUT2D eigenvalue weighted by Gasteiger charge is 2.11. The molecule has 0 spiro atoms. The molecule has 0 aliphatic carbocycles. The van der Waals surface area contributed by atoms with Gasteiger partial charge in [0.1, 0.15) is 29.7 Å². The number of benzene rings is 2. The molecule has 28 heavy (non-hydrogen) atoms. The maximum absolute atomic E-state index is 11.1. The molecule has 0 aliphatic rings. The molecule has 0 amide bonds. The Kier molecular flexibility index (Phi) is 4.63. The Hall–Kier alpha value is -3.87. The van der Waals surface area contributed by atoms with Gasteiger partial charge in [-0.25, -0.2) is 9.78 Å². The van der Waals surface area contributed by atoms with E-state index in [1.807, 2.05) is 41.9 Å². The predicted octanol–water partition coefficient (Wildman–Crippen LogP) is 4.04. The number of nitrogens with zero attached hydrogens (tertiary/aromatic N) is 3. The van der Waals surface area contributed by atoms with Gasteiger partial charge in [-0.2, -0.15) is 0 Å². The molecule has 0 unspecified atom stereocenters. The normalized spacial score (nSPS) is 10.8. The third kappa shape index (κ3) is 3.64. The highest BCUT2D eigenvalue weighted by Crippen LogP contribution is 2.26. The van der Waals surface area contributed by atoms with Crippen LogP contribution in [-0.4, -0.2) is 25.6 Å². The number of aromatic nitrogens is 3. The van der Waals surface area contributed by atoms with E-state index in [-0.39, 0.29) is 12.2 Å². The van der Waals surface area contributed by atoms with Crippen molar-refractivity contribution in [2.24, 2.45) is 7.05 Å². The van der Waals surface area contributed by atoms with E-state index in [0.717, 1.165) is 11.0 Å². The molecular formula is C21H17N3O4. The zero-order valence-corrected chi connectivity index (χ0v) is 15.1. The zero-order valence-electron chi connectivity index (χ0n) is 15.1. The number of carboxylic acid groups (broad SMARTS) is 1. The third-order valence-electron chi connectivity index (χ3n) is 4.26. The fourth-order valence-corrected chi connectivity index (χ4v) is 2.82. The van der Waals surface area contributed by atoms with Crippen LogP contribution in [0.25, 0.3) is 11.0 Å². The number of carbonyl (C=O) groups is 1. The lowest BCUT2D eigenvalue weighted by Crippen LogP contribution is -2.04. The van der Waals surface area contributed by atoms with Crippen molar-refractivity contribution in [3.63, 3.8) is 0 Å². The molecule has 0 radical (unpaired) electrons. The van der Waals surface area contributed by atoms with E-state index < -0.39 is 5.97 Å². The van der Waals surface area contributed by atoms with Gasteiger partial charge < -0.3 is 19.1 Å². The Bertz CT molecular complexity index is 1140. The van der Waals surface area contributed by atoms with E-state index in [0.29, 0.717) is 23.1 Å². The first-order chi connectivity index (χ1) is 13.6. The van der Waals surface area contributed by atoms with E-state index in [2.05, 4.69) is 9.97 Å². The molecule has 2 heterocycles. The summed E-state index contributed by atoms with van der Waals surface area (Å²) >= 11 is 0. The molecule has 7 heteroatoms. The van der Waals surface area contributed by atoms with Gasteiger partial charge in [-0.1, -0.05) is 6.07 Å². The zero-order chi connectivity index (χ0) is 19.5. The summed E-state index contributed by atoms with van der Waals surface area (Å²) in [5.41, 5.74) is 1.90. The standard InChI is InChI=1S/C21H17N3O4/c1-24-19-11-16(28-17-6-3-9-22-12-17)7-8-18(19)23-20(24)13-27-15-5-2-4-14(10-15)21(25)26/h2-12H,13H2,1H3,(H,25,26). The molecule has 0 atom stereocenters. The van der Waals surface area contributed by atoms with Crippen molar-refractivity contribution in [2.45, 2.75) is 6.61 Å². The summed E-state index contributed by atoms with van der Waals surface area (Å²) in [7, 11) is 1.90. The van der Waals surface area contributed by atoms with Gasteiger partial charge in [-0.15, -0.1) is 0 Å². The molecule has 4 rings (SSSR count). The van der Waals surface area contributed by atoms with Crippen LogP contribution in [0.1, 0.15) is 16.2 Å². The van der Waals surface area contributed by atoms with Gasteiger partial charge in [0, 0.05) is 19.3 Å².